The number of methoxy groups -OCH3 is 1. The number of nitrogens with zero attached hydrogens (tertiary/aromatic N) is 1. The van der Waals surface area contributed by atoms with Crippen molar-refractivity contribution in [3.8, 4) is 5.75 Å². The van der Waals surface area contributed by atoms with Crippen molar-refractivity contribution in [3.05, 3.63) is 64.6 Å². The number of carbonyl (C=O) groups excluding carboxylic acids is 3. The highest BCUT2D eigenvalue weighted by Gasteiger charge is 2.34. The number of thioether (sulfide) groups is 1. The van der Waals surface area contributed by atoms with Crippen LogP contribution in [0.1, 0.15) is 24.0 Å². The molecule has 1 heterocycles. The number of alkyl halides is 3. The molecule has 2 aromatic rings. The molecule has 1 fully saturated rings. The molecular formula is C22H19F3N2O4S. The van der Waals surface area contributed by atoms with E-state index in [0.29, 0.717) is 5.75 Å². The molecule has 1 aliphatic heterocycles. The molecular weight excluding hydrogens is 445 g/mol. The fraction of sp³-hybridized carbons (Fsp3) is 0.227. The van der Waals surface area contributed by atoms with Gasteiger partial charge in [-0.15, -0.1) is 0 Å². The zero-order valence-electron chi connectivity index (χ0n) is 16.9. The Balaban J connectivity index is 1.50. The molecule has 0 unspecified atom stereocenters. The monoisotopic (exact) mass is 464 g/mol. The van der Waals surface area contributed by atoms with E-state index in [-0.39, 0.29) is 30.0 Å². The van der Waals surface area contributed by atoms with Gasteiger partial charge in [-0.2, -0.15) is 13.2 Å². The van der Waals surface area contributed by atoms with Crippen molar-refractivity contribution in [2.75, 3.05) is 19.0 Å². The van der Waals surface area contributed by atoms with Crippen molar-refractivity contribution in [1.82, 2.24) is 4.90 Å². The maximum absolute atomic E-state index is 12.6. The van der Waals surface area contributed by atoms with Crippen LogP contribution in [0.5, 0.6) is 5.75 Å². The van der Waals surface area contributed by atoms with Gasteiger partial charge < -0.3 is 10.1 Å². The highest BCUT2D eigenvalue weighted by molar-refractivity contribution is 8.18. The molecule has 0 bridgehead atoms. The Kier molecular flexibility index (Phi) is 7.24. The highest BCUT2D eigenvalue weighted by Crippen LogP contribution is 2.33. The summed E-state index contributed by atoms with van der Waals surface area (Å²) in [6.45, 7) is 0.0606. The lowest BCUT2D eigenvalue weighted by molar-refractivity contribution is -0.137. The third-order valence-electron chi connectivity index (χ3n) is 4.57. The molecule has 0 aromatic heterocycles. The second-order valence-electron chi connectivity index (χ2n) is 6.83. The molecule has 3 rings (SSSR count). The van der Waals surface area contributed by atoms with Crippen molar-refractivity contribution in [2.45, 2.75) is 19.0 Å². The third-order valence-corrected chi connectivity index (χ3v) is 5.48. The topological polar surface area (TPSA) is 75.7 Å². The molecule has 1 saturated heterocycles. The Morgan fingerprint density at radius 1 is 1.09 bits per heavy atom. The lowest BCUT2D eigenvalue weighted by atomic mass is 10.2. The maximum Gasteiger partial charge on any atom is 0.416 e. The lowest BCUT2D eigenvalue weighted by Gasteiger charge is -2.12. The molecule has 0 atom stereocenters. The van der Waals surface area contributed by atoms with Crippen molar-refractivity contribution >= 4 is 40.6 Å². The number of halogens is 3. The highest BCUT2D eigenvalue weighted by atomic mass is 32.2. The Hall–Kier alpha value is -3.27. The lowest BCUT2D eigenvalue weighted by Crippen LogP contribution is -2.29. The normalized spacial score (nSPS) is 15.4. The van der Waals surface area contributed by atoms with E-state index >= 15 is 0 Å². The van der Waals surface area contributed by atoms with Crippen LogP contribution in [-0.2, 0) is 15.8 Å². The van der Waals surface area contributed by atoms with Crippen LogP contribution in [0, 0.1) is 0 Å². The van der Waals surface area contributed by atoms with Gasteiger partial charge in [0, 0.05) is 18.7 Å². The van der Waals surface area contributed by atoms with Crippen LogP contribution in [0.15, 0.2) is 53.4 Å². The van der Waals surface area contributed by atoms with E-state index in [0.717, 1.165) is 34.4 Å². The molecule has 0 spiro atoms. The van der Waals surface area contributed by atoms with E-state index in [4.69, 9.17) is 4.74 Å². The van der Waals surface area contributed by atoms with Crippen LogP contribution in [0.25, 0.3) is 6.08 Å². The van der Waals surface area contributed by atoms with Crippen LogP contribution >= 0.6 is 11.8 Å². The number of ether oxygens (including phenoxy) is 1. The van der Waals surface area contributed by atoms with E-state index in [1.54, 1.807) is 37.5 Å². The summed E-state index contributed by atoms with van der Waals surface area (Å²) >= 11 is 0.826. The van der Waals surface area contributed by atoms with Gasteiger partial charge in [0.25, 0.3) is 11.1 Å². The minimum absolute atomic E-state index is 0.000274. The van der Waals surface area contributed by atoms with E-state index in [2.05, 4.69) is 5.32 Å². The summed E-state index contributed by atoms with van der Waals surface area (Å²) in [7, 11) is 1.55. The Morgan fingerprint density at radius 2 is 1.75 bits per heavy atom. The summed E-state index contributed by atoms with van der Waals surface area (Å²) in [5.74, 6) is -0.186. The molecule has 1 aliphatic rings. The van der Waals surface area contributed by atoms with Gasteiger partial charge in [-0.1, -0.05) is 12.1 Å². The number of imide groups is 1. The average Bonchev–Trinajstić information content (AvgIpc) is 3.01. The molecule has 0 radical (unpaired) electrons. The van der Waals surface area contributed by atoms with Gasteiger partial charge in [0.2, 0.25) is 5.91 Å². The molecule has 3 amide bonds. The third kappa shape index (κ3) is 5.91. The first-order valence-corrected chi connectivity index (χ1v) is 10.4. The summed E-state index contributed by atoms with van der Waals surface area (Å²) in [5, 5.41) is 2.08. The fourth-order valence-electron chi connectivity index (χ4n) is 2.91. The molecule has 0 saturated carbocycles. The number of nitrogens with one attached hydrogen (secondary N) is 1. The van der Waals surface area contributed by atoms with Gasteiger partial charge in [0.1, 0.15) is 5.75 Å². The number of anilines is 1. The largest absolute Gasteiger partial charge is 0.497 e. The summed E-state index contributed by atoms with van der Waals surface area (Å²) in [4.78, 5) is 38.1. The number of rotatable bonds is 7. The van der Waals surface area contributed by atoms with Gasteiger partial charge in [0.05, 0.1) is 17.6 Å². The Bertz CT molecular complexity index is 1030. The number of amides is 3. The number of hydrogen-bond donors (Lipinski definition) is 1. The van der Waals surface area contributed by atoms with Crippen LogP contribution < -0.4 is 10.1 Å². The molecule has 0 aliphatic carbocycles. The zero-order valence-corrected chi connectivity index (χ0v) is 17.8. The minimum Gasteiger partial charge on any atom is -0.497 e. The molecule has 10 heteroatoms. The zero-order chi connectivity index (χ0) is 23.3. The van der Waals surface area contributed by atoms with Crippen molar-refractivity contribution in [2.24, 2.45) is 0 Å². The van der Waals surface area contributed by atoms with E-state index in [1.807, 2.05) is 0 Å². The van der Waals surface area contributed by atoms with Crippen LogP contribution in [0.4, 0.5) is 23.7 Å². The number of hydrogen-bond acceptors (Lipinski definition) is 5. The predicted molar refractivity (Wildman–Crippen MR) is 115 cm³/mol. The summed E-state index contributed by atoms with van der Waals surface area (Å²) in [6.07, 6.45) is -2.61. The smallest absolute Gasteiger partial charge is 0.416 e. The van der Waals surface area contributed by atoms with Crippen LogP contribution in [0.2, 0.25) is 0 Å². The van der Waals surface area contributed by atoms with Crippen LogP contribution in [0.3, 0.4) is 0 Å². The van der Waals surface area contributed by atoms with Gasteiger partial charge in [-0.05, 0) is 66.2 Å². The average molecular weight is 464 g/mol. The Morgan fingerprint density at radius 3 is 2.34 bits per heavy atom. The van der Waals surface area contributed by atoms with Gasteiger partial charge in [-0.3, -0.25) is 19.3 Å². The molecule has 1 N–H and O–H groups in total. The summed E-state index contributed by atoms with van der Waals surface area (Å²) < 4.78 is 42.8. The van der Waals surface area contributed by atoms with E-state index in [9.17, 15) is 27.6 Å². The number of carbonyl (C=O) groups is 3. The Labute approximate surface area is 186 Å². The minimum atomic E-state index is -4.45. The summed E-state index contributed by atoms with van der Waals surface area (Å²) in [5.41, 5.74) is 0.168. The van der Waals surface area contributed by atoms with E-state index < -0.39 is 28.8 Å². The van der Waals surface area contributed by atoms with Crippen molar-refractivity contribution < 1.29 is 32.3 Å². The summed E-state index contributed by atoms with van der Waals surface area (Å²) in [6, 6.07) is 11.1. The van der Waals surface area contributed by atoms with Gasteiger partial charge >= 0.3 is 6.18 Å². The molecule has 32 heavy (non-hydrogen) atoms. The first-order valence-electron chi connectivity index (χ1n) is 9.54. The second-order valence-corrected chi connectivity index (χ2v) is 7.83. The first kappa shape index (κ1) is 23.4. The number of benzene rings is 2. The quantitative estimate of drug-likeness (QED) is 0.573. The van der Waals surface area contributed by atoms with Crippen molar-refractivity contribution in [3.63, 3.8) is 0 Å². The predicted octanol–water partition coefficient (Wildman–Crippen LogP) is 5.17. The first-order chi connectivity index (χ1) is 15.2. The van der Waals surface area contributed by atoms with Crippen molar-refractivity contribution in [1.29, 1.82) is 0 Å². The fourth-order valence-corrected chi connectivity index (χ4v) is 3.77. The standard InChI is InChI=1S/C22H19F3N2O4S/c1-31-17-10-4-14(5-11-17)13-18-20(29)27(21(30)32-18)12-2-3-19(28)26-16-8-6-15(7-9-16)22(23,24)25/h4-11,13H,2-3,12H2,1H3,(H,26,28)/b18-13+. The van der Waals surface area contributed by atoms with E-state index in [1.165, 1.54) is 12.1 Å². The van der Waals surface area contributed by atoms with Gasteiger partial charge in [0.15, 0.2) is 0 Å². The molecule has 2 aromatic carbocycles. The SMILES string of the molecule is COc1ccc(/C=C2/SC(=O)N(CCCC(=O)Nc3ccc(C(F)(F)F)cc3)C2=O)cc1. The maximum atomic E-state index is 12.6. The van der Waals surface area contributed by atoms with Gasteiger partial charge in [-0.25, -0.2) is 0 Å². The molecule has 6 nitrogen and oxygen atoms in total. The molecule has 168 valence electrons. The van der Waals surface area contributed by atoms with Crippen LogP contribution in [-0.4, -0.2) is 35.6 Å². The second kappa shape index (κ2) is 9.90.